The van der Waals surface area contributed by atoms with Crippen LogP contribution >= 0.6 is 23.2 Å². The summed E-state index contributed by atoms with van der Waals surface area (Å²) < 4.78 is 33.7. The van der Waals surface area contributed by atoms with E-state index in [9.17, 15) is 13.2 Å². The van der Waals surface area contributed by atoms with Crippen LogP contribution in [0.2, 0.25) is 10.0 Å². The molecule has 0 heterocycles. The molecule has 0 aliphatic carbocycles. The molecule has 0 spiro atoms. The van der Waals surface area contributed by atoms with Gasteiger partial charge in [-0.25, -0.2) is 8.42 Å². The zero-order chi connectivity index (χ0) is 23.3. The number of carbonyl (C=O) groups is 1. The number of benzene rings is 3. The number of rotatable bonds is 8. The molecule has 0 bridgehead atoms. The second-order valence-electron chi connectivity index (χ2n) is 6.90. The molecule has 0 atom stereocenters. The normalized spacial score (nSPS) is 11.1. The van der Waals surface area contributed by atoms with Gasteiger partial charge in [0.05, 0.1) is 27.2 Å². The van der Waals surface area contributed by atoms with Crippen molar-refractivity contribution < 1.29 is 17.9 Å². The van der Waals surface area contributed by atoms with Crippen molar-refractivity contribution in [3.05, 3.63) is 82.3 Å². The molecule has 32 heavy (non-hydrogen) atoms. The average Bonchev–Trinajstić information content (AvgIpc) is 2.76. The third-order valence-electron chi connectivity index (χ3n) is 4.53. The van der Waals surface area contributed by atoms with Crippen molar-refractivity contribution >= 4 is 50.5 Å². The van der Waals surface area contributed by atoms with Crippen LogP contribution in [-0.4, -0.2) is 27.5 Å². The summed E-state index contributed by atoms with van der Waals surface area (Å²) in [6.07, 6.45) is 0. The number of aryl methyl sites for hydroxylation is 1. The molecule has 1 amide bonds. The second kappa shape index (κ2) is 10.3. The number of para-hydroxylation sites is 2. The van der Waals surface area contributed by atoms with Crippen molar-refractivity contribution in [3.8, 4) is 5.75 Å². The fourth-order valence-corrected chi connectivity index (χ4v) is 4.71. The highest BCUT2D eigenvalue weighted by Crippen LogP contribution is 2.33. The van der Waals surface area contributed by atoms with Crippen LogP contribution in [-0.2, 0) is 14.8 Å². The summed E-state index contributed by atoms with van der Waals surface area (Å²) in [6.45, 7) is 3.53. The van der Waals surface area contributed by atoms with Crippen LogP contribution in [0, 0.1) is 6.92 Å². The number of halogens is 2. The Morgan fingerprint density at radius 3 is 2.34 bits per heavy atom. The predicted molar refractivity (Wildman–Crippen MR) is 128 cm³/mol. The lowest BCUT2D eigenvalue weighted by atomic mass is 10.2. The number of ether oxygens (including phenoxy) is 1. The fraction of sp³-hybridized carbons (Fsp3) is 0.174. The topological polar surface area (TPSA) is 75.7 Å². The largest absolute Gasteiger partial charge is 0.492 e. The monoisotopic (exact) mass is 492 g/mol. The molecule has 1 N–H and O–H groups in total. The van der Waals surface area contributed by atoms with E-state index in [4.69, 9.17) is 27.9 Å². The van der Waals surface area contributed by atoms with Gasteiger partial charge in [-0.15, -0.1) is 0 Å². The Morgan fingerprint density at radius 2 is 1.69 bits per heavy atom. The molecule has 0 saturated heterocycles. The molecule has 0 fully saturated rings. The van der Waals surface area contributed by atoms with Crippen molar-refractivity contribution in [2.24, 2.45) is 0 Å². The summed E-state index contributed by atoms with van der Waals surface area (Å²) in [6, 6.07) is 17.7. The van der Waals surface area contributed by atoms with E-state index in [0.717, 1.165) is 9.87 Å². The maximum Gasteiger partial charge on any atom is 0.264 e. The van der Waals surface area contributed by atoms with Gasteiger partial charge in [0.1, 0.15) is 12.3 Å². The first kappa shape index (κ1) is 23.9. The maximum atomic E-state index is 13.5. The van der Waals surface area contributed by atoms with Crippen molar-refractivity contribution in [2.45, 2.75) is 18.7 Å². The second-order valence-corrected chi connectivity index (χ2v) is 9.58. The number of carbonyl (C=O) groups excluding carboxylic acids is 1. The lowest BCUT2D eigenvalue weighted by molar-refractivity contribution is -0.114. The van der Waals surface area contributed by atoms with Crippen molar-refractivity contribution in [3.63, 3.8) is 0 Å². The van der Waals surface area contributed by atoms with E-state index in [1.54, 1.807) is 55.5 Å². The van der Waals surface area contributed by atoms with Gasteiger partial charge in [-0.3, -0.25) is 9.10 Å². The summed E-state index contributed by atoms with van der Waals surface area (Å²) in [4.78, 5) is 12.9. The van der Waals surface area contributed by atoms with Gasteiger partial charge in [0.15, 0.2) is 0 Å². The highest BCUT2D eigenvalue weighted by atomic mass is 35.5. The Kier molecular flexibility index (Phi) is 7.66. The SMILES string of the molecule is CCOc1ccccc1N(CC(=O)Nc1ccc(Cl)c(Cl)c1)S(=O)(=O)c1ccc(C)cc1. The van der Waals surface area contributed by atoms with E-state index >= 15 is 0 Å². The Bertz CT molecular complexity index is 1210. The molecule has 0 aliphatic heterocycles. The molecule has 0 saturated carbocycles. The third-order valence-corrected chi connectivity index (χ3v) is 7.05. The van der Waals surface area contributed by atoms with E-state index in [-0.39, 0.29) is 15.6 Å². The highest BCUT2D eigenvalue weighted by Gasteiger charge is 2.29. The van der Waals surface area contributed by atoms with Crippen LogP contribution in [0.25, 0.3) is 0 Å². The summed E-state index contributed by atoms with van der Waals surface area (Å²) in [5, 5.41) is 3.28. The first-order valence-electron chi connectivity index (χ1n) is 9.78. The minimum atomic E-state index is -4.07. The van der Waals surface area contributed by atoms with Crippen molar-refractivity contribution in [1.29, 1.82) is 0 Å². The molecule has 3 rings (SSSR count). The van der Waals surface area contributed by atoms with Crippen LogP contribution in [0.1, 0.15) is 12.5 Å². The van der Waals surface area contributed by atoms with E-state index in [1.165, 1.54) is 18.2 Å². The maximum absolute atomic E-state index is 13.5. The van der Waals surface area contributed by atoms with E-state index in [2.05, 4.69) is 5.32 Å². The van der Waals surface area contributed by atoms with Crippen LogP contribution in [0.4, 0.5) is 11.4 Å². The van der Waals surface area contributed by atoms with Crippen LogP contribution < -0.4 is 14.4 Å². The van der Waals surface area contributed by atoms with Crippen molar-refractivity contribution in [1.82, 2.24) is 0 Å². The molecule has 0 aliphatic rings. The number of hydrogen-bond donors (Lipinski definition) is 1. The predicted octanol–water partition coefficient (Wildman–Crippen LogP) is 5.53. The van der Waals surface area contributed by atoms with Crippen LogP contribution in [0.5, 0.6) is 5.75 Å². The minimum Gasteiger partial charge on any atom is -0.492 e. The van der Waals surface area contributed by atoms with E-state index in [0.29, 0.717) is 23.1 Å². The van der Waals surface area contributed by atoms with Crippen LogP contribution in [0.15, 0.2) is 71.6 Å². The zero-order valence-electron chi connectivity index (χ0n) is 17.5. The summed E-state index contributed by atoms with van der Waals surface area (Å²) in [5.41, 5.74) is 1.58. The number of amides is 1. The first-order chi connectivity index (χ1) is 15.2. The Labute approximate surface area is 197 Å². The Morgan fingerprint density at radius 1 is 1.00 bits per heavy atom. The van der Waals surface area contributed by atoms with Gasteiger partial charge >= 0.3 is 0 Å². The average molecular weight is 493 g/mol. The zero-order valence-corrected chi connectivity index (χ0v) is 19.8. The molecular weight excluding hydrogens is 471 g/mol. The molecular formula is C23H22Cl2N2O4S. The Balaban J connectivity index is 1.99. The van der Waals surface area contributed by atoms with Gasteiger partial charge in [-0.05, 0) is 56.3 Å². The fourth-order valence-electron chi connectivity index (χ4n) is 2.98. The van der Waals surface area contributed by atoms with E-state index in [1.807, 2.05) is 6.92 Å². The number of nitrogens with one attached hydrogen (secondary N) is 1. The smallest absolute Gasteiger partial charge is 0.264 e. The standard InChI is InChI=1S/C23H22Cl2N2O4S/c1-3-31-22-7-5-4-6-21(22)27(32(29,30)18-11-8-16(2)9-12-18)15-23(28)26-17-10-13-19(24)20(25)14-17/h4-14H,3,15H2,1-2H3,(H,26,28). The lowest BCUT2D eigenvalue weighted by Gasteiger charge is -2.26. The van der Waals surface area contributed by atoms with Gasteiger partial charge in [-0.1, -0.05) is 53.0 Å². The lowest BCUT2D eigenvalue weighted by Crippen LogP contribution is -2.38. The number of anilines is 2. The quantitative estimate of drug-likeness (QED) is 0.448. The molecule has 168 valence electrons. The summed E-state index contributed by atoms with van der Waals surface area (Å²) in [7, 11) is -4.07. The molecule has 9 heteroatoms. The Hall–Kier alpha value is -2.74. The molecule has 0 radical (unpaired) electrons. The molecule has 0 unspecified atom stereocenters. The number of sulfonamides is 1. The minimum absolute atomic E-state index is 0.0664. The van der Waals surface area contributed by atoms with Gasteiger partial charge in [-0.2, -0.15) is 0 Å². The molecule has 3 aromatic rings. The molecule has 0 aromatic heterocycles. The van der Waals surface area contributed by atoms with Gasteiger partial charge < -0.3 is 10.1 Å². The third kappa shape index (κ3) is 5.54. The highest BCUT2D eigenvalue weighted by molar-refractivity contribution is 7.92. The number of hydrogen-bond acceptors (Lipinski definition) is 4. The van der Waals surface area contributed by atoms with Crippen molar-refractivity contribution in [2.75, 3.05) is 22.8 Å². The molecule has 3 aromatic carbocycles. The number of nitrogens with zero attached hydrogens (tertiary/aromatic N) is 1. The van der Waals surface area contributed by atoms with Crippen LogP contribution in [0.3, 0.4) is 0 Å². The van der Waals surface area contributed by atoms with Gasteiger partial charge in [0.2, 0.25) is 5.91 Å². The first-order valence-corrected chi connectivity index (χ1v) is 12.0. The molecule has 6 nitrogen and oxygen atoms in total. The summed E-state index contributed by atoms with van der Waals surface area (Å²) in [5.74, 6) is -0.196. The van der Waals surface area contributed by atoms with Gasteiger partial charge in [0.25, 0.3) is 10.0 Å². The van der Waals surface area contributed by atoms with Gasteiger partial charge in [0, 0.05) is 5.69 Å². The summed E-state index contributed by atoms with van der Waals surface area (Å²) >= 11 is 11.9. The van der Waals surface area contributed by atoms with E-state index < -0.39 is 22.5 Å².